The van der Waals surface area contributed by atoms with Crippen molar-refractivity contribution in [2.45, 2.75) is 18.9 Å². The summed E-state index contributed by atoms with van der Waals surface area (Å²) < 4.78 is 13.8. The third-order valence-electron chi connectivity index (χ3n) is 4.48. The first kappa shape index (κ1) is 18.8. The number of nitrogens with zero attached hydrogens (tertiary/aromatic N) is 1. The van der Waals surface area contributed by atoms with Crippen LogP contribution < -0.4 is 10.6 Å². The lowest BCUT2D eigenvalue weighted by molar-refractivity contribution is -0.134. The summed E-state index contributed by atoms with van der Waals surface area (Å²) in [7, 11) is 0. The lowest BCUT2D eigenvalue weighted by Gasteiger charge is -2.25. The van der Waals surface area contributed by atoms with Crippen LogP contribution in [0.3, 0.4) is 0 Å². The summed E-state index contributed by atoms with van der Waals surface area (Å²) in [6.07, 6.45) is 0.322. The first-order chi connectivity index (χ1) is 12.9. The Hall–Kier alpha value is -2.93. The molecule has 8 heteroatoms. The fraction of sp³-hybridized carbons (Fsp3) is 0.211. The van der Waals surface area contributed by atoms with Crippen LogP contribution in [0.2, 0.25) is 5.02 Å². The third-order valence-corrected chi connectivity index (χ3v) is 4.71. The van der Waals surface area contributed by atoms with Gasteiger partial charge in [-0.3, -0.25) is 14.5 Å². The van der Waals surface area contributed by atoms with E-state index in [9.17, 15) is 18.8 Å². The second-order valence-electron chi connectivity index (χ2n) is 6.12. The highest BCUT2D eigenvalue weighted by Crippen LogP contribution is 2.32. The number of imide groups is 1. The Labute approximate surface area is 160 Å². The summed E-state index contributed by atoms with van der Waals surface area (Å²) in [5.41, 5.74) is -0.709. The number of carbonyl (C=O) groups is 3. The molecule has 1 heterocycles. The second-order valence-corrected chi connectivity index (χ2v) is 6.56. The molecule has 0 unspecified atom stereocenters. The molecule has 2 aromatic rings. The van der Waals surface area contributed by atoms with E-state index in [1.54, 1.807) is 37.3 Å². The fourth-order valence-electron chi connectivity index (χ4n) is 3.06. The molecule has 0 aliphatic carbocycles. The van der Waals surface area contributed by atoms with Crippen LogP contribution in [0, 0.1) is 5.82 Å². The number of nitrogens with one attached hydrogen (secondary N) is 2. The zero-order valence-electron chi connectivity index (χ0n) is 14.5. The molecule has 1 saturated heterocycles. The van der Waals surface area contributed by atoms with Gasteiger partial charge < -0.3 is 10.6 Å². The molecule has 0 bridgehead atoms. The number of rotatable bonds is 5. The van der Waals surface area contributed by atoms with Gasteiger partial charge in [0.1, 0.15) is 17.9 Å². The molecule has 0 spiro atoms. The Morgan fingerprint density at radius 1 is 1.22 bits per heavy atom. The number of halogens is 2. The summed E-state index contributed by atoms with van der Waals surface area (Å²) in [6, 6.07) is 11.9. The van der Waals surface area contributed by atoms with Crippen LogP contribution >= 0.6 is 11.6 Å². The van der Waals surface area contributed by atoms with Gasteiger partial charge in [-0.2, -0.15) is 0 Å². The van der Waals surface area contributed by atoms with Crippen molar-refractivity contribution in [2.75, 3.05) is 11.9 Å². The topological polar surface area (TPSA) is 78.5 Å². The fourth-order valence-corrected chi connectivity index (χ4v) is 3.23. The number of benzene rings is 2. The Morgan fingerprint density at radius 3 is 2.59 bits per heavy atom. The van der Waals surface area contributed by atoms with Crippen LogP contribution in [0.1, 0.15) is 18.9 Å². The Balaban J connectivity index is 1.79. The van der Waals surface area contributed by atoms with Crippen LogP contribution in [0.5, 0.6) is 0 Å². The molecule has 2 aromatic carbocycles. The van der Waals surface area contributed by atoms with Crippen LogP contribution in [0.15, 0.2) is 48.5 Å². The molecule has 1 atom stereocenters. The zero-order valence-corrected chi connectivity index (χ0v) is 15.2. The van der Waals surface area contributed by atoms with Crippen molar-refractivity contribution in [3.05, 3.63) is 64.9 Å². The van der Waals surface area contributed by atoms with Crippen molar-refractivity contribution in [1.29, 1.82) is 0 Å². The van der Waals surface area contributed by atoms with E-state index in [1.807, 2.05) is 0 Å². The minimum absolute atomic E-state index is 0.121. The van der Waals surface area contributed by atoms with Gasteiger partial charge >= 0.3 is 6.03 Å². The van der Waals surface area contributed by atoms with Gasteiger partial charge in [0.2, 0.25) is 5.91 Å². The normalized spacial score (nSPS) is 19.1. The van der Waals surface area contributed by atoms with Crippen molar-refractivity contribution >= 4 is 35.1 Å². The molecule has 1 aliphatic rings. The van der Waals surface area contributed by atoms with Crippen LogP contribution in [0.25, 0.3) is 0 Å². The van der Waals surface area contributed by atoms with E-state index < -0.39 is 35.7 Å². The lowest BCUT2D eigenvalue weighted by atomic mass is 9.87. The number of carbonyl (C=O) groups excluding carboxylic acids is 3. The molecule has 0 aromatic heterocycles. The molecule has 4 amide bonds. The number of urea groups is 1. The molecule has 3 rings (SSSR count). The van der Waals surface area contributed by atoms with Crippen molar-refractivity contribution in [1.82, 2.24) is 10.2 Å². The molecule has 1 fully saturated rings. The van der Waals surface area contributed by atoms with Crippen molar-refractivity contribution < 1.29 is 18.8 Å². The maximum Gasteiger partial charge on any atom is 0.325 e. The Morgan fingerprint density at radius 2 is 1.93 bits per heavy atom. The molecule has 140 valence electrons. The van der Waals surface area contributed by atoms with E-state index in [1.165, 1.54) is 12.1 Å². The van der Waals surface area contributed by atoms with E-state index in [0.717, 1.165) is 11.0 Å². The second kappa shape index (κ2) is 7.36. The van der Waals surface area contributed by atoms with Crippen LogP contribution in [0.4, 0.5) is 14.9 Å². The quantitative estimate of drug-likeness (QED) is 0.770. The molecular weight excluding hydrogens is 373 g/mol. The monoisotopic (exact) mass is 389 g/mol. The van der Waals surface area contributed by atoms with E-state index >= 15 is 0 Å². The van der Waals surface area contributed by atoms with Gasteiger partial charge in [0.05, 0.1) is 5.69 Å². The highest BCUT2D eigenvalue weighted by Gasteiger charge is 2.51. The summed E-state index contributed by atoms with van der Waals surface area (Å²) in [5.74, 6) is -1.90. The van der Waals surface area contributed by atoms with Gasteiger partial charge in [-0.15, -0.1) is 0 Å². The van der Waals surface area contributed by atoms with Gasteiger partial charge in [-0.25, -0.2) is 9.18 Å². The summed E-state index contributed by atoms with van der Waals surface area (Å²) in [6.45, 7) is 1.24. The Kier molecular flexibility index (Phi) is 5.14. The number of hydrogen-bond donors (Lipinski definition) is 2. The average molecular weight is 390 g/mol. The van der Waals surface area contributed by atoms with Gasteiger partial charge in [-0.1, -0.05) is 48.9 Å². The van der Waals surface area contributed by atoms with Crippen molar-refractivity contribution in [2.24, 2.45) is 0 Å². The van der Waals surface area contributed by atoms with E-state index in [0.29, 0.717) is 12.0 Å². The van der Waals surface area contributed by atoms with Gasteiger partial charge in [0, 0.05) is 5.02 Å². The third kappa shape index (κ3) is 3.50. The Bertz CT molecular complexity index is 906. The summed E-state index contributed by atoms with van der Waals surface area (Å²) >= 11 is 5.79. The van der Waals surface area contributed by atoms with E-state index in [-0.39, 0.29) is 10.7 Å². The highest BCUT2D eigenvalue weighted by molar-refractivity contribution is 6.30. The zero-order chi connectivity index (χ0) is 19.6. The summed E-state index contributed by atoms with van der Waals surface area (Å²) in [4.78, 5) is 38.4. The smallest absolute Gasteiger partial charge is 0.322 e. The highest BCUT2D eigenvalue weighted by atomic mass is 35.5. The van der Waals surface area contributed by atoms with Crippen LogP contribution in [-0.2, 0) is 15.1 Å². The van der Waals surface area contributed by atoms with Crippen molar-refractivity contribution in [3.8, 4) is 0 Å². The van der Waals surface area contributed by atoms with E-state index in [4.69, 9.17) is 11.6 Å². The maximum absolute atomic E-state index is 13.8. The predicted molar refractivity (Wildman–Crippen MR) is 98.7 cm³/mol. The SMILES string of the molecule is CC[C@@]1(c2ccccc2)NC(=O)N(CC(=O)Nc2cc(Cl)ccc2F)C1=O. The maximum atomic E-state index is 13.8. The molecular formula is C19H17ClFN3O3. The van der Waals surface area contributed by atoms with Gasteiger partial charge in [-0.05, 0) is 30.2 Å². The predicted octanol–water partition coefficient (Wildman–Crippen LogP) is 3.27. The minimum atomic E-state index is -1.22. The van der Waals surface area contributed by atoms with Gasteiger partial charge in [0.25, 0.3) is 5.91 Å². The molecule has 0 radical (unpaired) electrons. The molecule has 6 nitrogen and oxygen atoms in total. The van der Waals surface area contributed by atoms with Crippen molar-refractivity contribution in [3.63, 3.8) is 0 Å². The largest absolute Gasteiger partial charge is 0.325 e. The number of hydrogen-bond acceptors (Lipinski definition) is 3. The molecule has 2 N–H and O–H groups in total. The first-order valence-electron chi connectivity index (χ1n) is 8.32. The van der Waals surface area contributed by atoms with E-state index in [2.05, 4.69) is 10.6 Å². The van der Waals surface area contributed by atoms with Crippen LogP contribution in [-0.4, -0.2) is 29.3 Å². The standard InChI is InChI=1S/C19H17ClFN3O3/c1-2-19(12-6-4-3-5-7-12)17(26)24(18(27)23-19)11-16(25)22-15-10-13(20)8-9-14(15)21/h3-10H,2,11H2,1H3,(H,22,25)(H,23,27)/t19-/m0/s1. The minimum Gasteiger partial charge on any atom is -0.322 e. The summed E-state index contributed by atoms with van der Waals surface area (Å²) in [5, 5.41) is 5.26. The number of amides is 4. The molecule has 0 saturated carbocycles. The lowest BCUT2D eigenvalue weighted by Crippen LogP contribution is -2.44. The number of anilines is 1. The van der Waals surface area contributed by atoms with Gasteiger partial charge in [0.15, 0.2) is 0 Å². The molecule has 27 heavy (non-hydrogen) atoms. The first-order valence-corrected chi connectivity index (χ1v) is 8.69. The average Bonchev–Trinajstić information content (AvgIpc) is 2.90. The molecule has 1 aliphatic heterocycles.